The van der Waals surface area contributed by atoms with Crippen LogP contribution in [-0.2, 0) is 14.9 Å². The topological polar surface area (TPSA) is 55.8 Å². The molecule has 0 heterocycles. The third-order valence-corrected chi connectivity index (χ3v) is 7.64. The second-order valence-corrected chi connectivity index (χ2v) is 9.50. The van der Waals surface area contributed by atoms with Gasteiger partial charge in [-0.25, -0.2) is 4.79 Å². The third-order valence-electron chi connectivity index (χ3n) is 7.64. The molecule has 4 nitrogen and oxygen atoms in total. The predicted molar refractivity (Wildman–Crippen MR) is 121 cm³/mol. The van der Waals surface area contributed by atoms with E-state index in [9.17, 15) is 9.90 Å². The summed E-state index contributed by atoms with van der Waals surface area (Å²) in [6, 6.07) is 15.4. The number of esters is 1. The van der Waals surface area contributed by atoms with Gasteiger partial charge in [0.05, 0.1) is 7.11 Å². The number of methoxy groups -OCH3 is 1. The summed E-state index contributed by atoms with van der Waals surface area (Å²) < 4.78 is 11.6. The smallest absolute Gasteiger partial charge is 0.339 e. The molecule has 5 atom stereocenters. The fourth-order valence-electron chi connectivity index (χ4n) is 6.17. The lowest BCUT2D eigenvalue weighted by atomic mass is 9.54. The molecule has 0 saturated heterocycles. The van der Waals surface area contributed by atoms with Gasteiger partial charge < -0.3 is 14.6 Å². The molecule has 166 valence electrons. The highest BCUT2D eigenvalue weighted by Gasteiger charge is 2.50. The number of ether oxygens (including phenoxy) is 2. The maximum Gasteiger partial charge on any atom is 0.339 e. The maximum atomic E-state index is 12.9. The Kier molecular flexibility index (Phi) is 6.38. The van der Waals surface area contributed by atoms with Crippen molar-refractivity contribution in [2.24, 2.45) is 11.8 Å². The van der Waals surface area contributed by atoms with Gasteiger partial charge in [0.25, 0.3) is 0 Å². The Hall–Kier alpha value is -2.33. The van der Waals surface area contributed by atoms with E-state index >= 15 is 0 Å². The van der Waals surface area contributed by atoms with E-state index in [0.29, 0.717) is 11.5 Å². The summed E-state index contributed by atoms with van der Waals surface area (Å²) >= 11 is 0. The number of aryl methyl sites for hydroxylation is 1. The van der Waals surface area contributed by atoms with E-state index in [4.69, 9.17) is 9.47 Å². The van der Waals surface area contributed by atoms with Crippen molar-refractivity contribution in [1.82, 2.24) is 0 Å². The van der Waals surface area contributed by atoms with Crippen molar-refractivity contribution in [3.05, 3.63) is 65.2 Å². The summed E-state index contributed by atoms with van der Waals surface area (Å²) in [7, 11) is 1.70. The maximum absolute atomic E-state index is 12.9. The Bertz CT molecular complexity index is 907. The first-order valence-corrected chi connectivity index (χ1v) is 11.5. The second-order valence-electron chi connectivity index (χ2n) is 9.50. The zero-order chi connectivity index (χ0) is 22.0. The van der Waals surface area contributed by atoms with Crippen LogP contribution in [0.15, 0.2) is 48.5 Å². The summed E-state index contributed by atoms with van der Waals surface area (Å²) in [4.78, 5) is 12.9. The van der Waals surface area contributed by atoms with Crippen molar-refractivity contribution in [2.45, 2.75) is 70.0 Å². The largest absolute Gasteiger partial charge is 0.497 e. The summed E-state index contributed by atoms with van der Waals surface area (Å²) in [6.07, 6.45) is 5.10. The van der Waals surface area contributed by atoms with Crippen LogP contribution in [0.4, 0.5) is 0 Å². The molecule has 2 saturated carbocycles. The third kappa shape index (κ3) is 4.23. The molecule has 0 amide bonds. The van der Waals surface area contributed by atoms with Crippen LogP contribution in [0.5, 0.6) is 5.75 Å². The van der Waals surface area contributed by atoms with Crippen LogP contribution in [0.1, 0.15) is 68.2 Å². The van der Waals surface area contributed by atoms with Gasteiger partial charge in [0.1, 0.15) is 11.9 Å². The Morgan fingerprint density at radius 1 is 1.10 bits per heavy atom. The highest BCUT2D eigenvalue weighted by Crippen LogP contribution is 2.54. The fourth-order valence-corrected chi connectivity index (χ4v) is 6.17. The predicted octanol–water partition coefficient (Wildman–Crippen LogP) is 5.51. The molecule has 1 N–H and O–H groups in total. The van der Waals surface area contributed by atoms with Gasteiger partial charge in [0.15, 0.2) is 6.10 Å². The molecule has 0 unspecified atom stereocenters. The SMILES string of the molecule is COc1ccc(C)c([C@@]2(C)CCC[C@H]3CCC[C@@H](OC(=O)[C@H](O)c4ccccc4)[C@@H]32)c1. The highest BCUT2D eigenvalue weighted by atomic mass is 16.6. The van der Waals surface area contributed by atoms with Gasteiger partial charge in [-0.05, 0) is 79.2 Å². The van der Waals surface area contributed by atoms with Gasteiger partial charge >= 0.3 is 5.97 Å². The minimum absolute atomic E-state index is 0.0927. The van der Waals surface area contributed by atoms with E-state index in [-0.39, 0.29) is 17.4 Å². The van der Waals surface area contributed by atoms with Crippen LogP contribution in [0, 0.1) is 18.8 Å². The minimum atomic E-state index is -1.24. The molecule has 0 aliphatic heterocycles. The molecular weight excluding hydrogens is 388 g/mol. The van der Waals surface area contributed by atoms with Crippen molar-refractivity contribution in [3.63, 3.8) is 0 Å². The first kappa shape index (κ1) is 21.9. The molecule has 0 aromatic heterocycles. The van der Waals surface area contributed by atoms with E-state index in [2.05, 4.69) is 26.0 Å². The first-order valence-electron chi connectivity index (χ1n) is 11.5. The Labute approximate surface area is 185 Å². The number of rotatable bonds is 5. The standard InChI is InChI=1S/C27H34O4/c1-18-14-15-21(30-3)17-22(18)27(2)16-8-12-19-11-7-13-23(24(19)27)31-26(29)25(28)20-9-5-4-6-10-20/h4-6,9-10,14-15,17,19,23-25,28H,7-8,11-13,16H2,1-3H3/t19-,23-,24-,25-,27-/m1/s1. The second kappa shape index (κ2) is 9.04. The Morgan fingerprint density at radius 3 is 2.58 bits per heavy atom. The number of fused-ring (bicyclic) bond motifs is 1. The average Bonchev–Trinajstić information content (AvgIpc) is 2.79. The van der Waals surface area contributed by atoms with Crippen LogP contribution in [-0.4, -0.2) is 24.3 Å². The van der Waals surface area contributed by atoms with E-state index in [1.165, 1.54) is 30.4 Å². The molecule has 2 aliphatic rings. The number of hydrogen-bond donors (Lipinski definition) is 1. The Balaban J connectivity index is 1.64. The van der Waals surface area contributed by atoms with Crippen LogP contribution < -0.4 is 4.74 Å². The fraction of sp³-hybridized carbons (Fsp3) is 0.519. The molecule has 4 rings (SSSR count). The lowest BCUT2D eigenvalue weighted by molar-refractivity contribution is -0.170. The zero-order valence-electron chi connectivity index (χ0n) is 18.8. The number of carbonyl (C=O) groups is 1. The van der Waals surface area contributed by atoms with Crippen LogP contribution in [0.25, 0.3) is 0 Å². The molecule has 0 spiro atoms. The van der Waals surface area contributed by atoms with Gasteiger partial charge in [-0.2, -0.15) is 0 Å². The molecule has 0 radical (unpaired) electrons. The average molecular weight is 423 g/mol. The summed E-state index contributed by atoms with van der Waals surface area (Å²) in [5, 5.41) is 10.6. The van der Waals surface area contributed by atoms with Crippen molar-refractivity contribution in [3.8, 4) is 5.75 Å². The molecule has 0 bridgehead atoms. The first-order chi connectivity index (χ1) is 14.9. The van der Waals surface area contributed by atoms with Crippen LogP contribution in [0.3, 0.4) is 0 Å². The highest BCUT2D eigenvalue weighted by molar-refractivity contribution is 5.76. The lowest BCUT2D eigenvalue weighted by Crippen LogP contribution is -2.51. The summed E-state index contributed by atoms with van der Waals surface area (Å²) in [5.41, 5.74) is 3.04. The summed E-state index contributed by atoms with van der Waals surface area (Å²) in [5.74, 6) is 1.11. The molecule has 2 aromatic rings. The number of aliphatic hydroxyl groups excluding tert-OH is 1. The monoisotopic (exact) mass is 422 g/mol. The van der Waals surface area contributed by atoms with Gasteiger partial charge in [-0.1, -0.05) is 49.7 Å². The van der Waals surface area contributed by atoms with Crippen LogP contribution in [0.2, 0.25) is 0 Å². The molecule has 2 fully saturated rings. The van der Waals surface area contributed by atoms with E-state index < -0.39 is 12.1 Å². The molecule has 2 aliphatic carbocycles. The summed E-state index contributed by atoms with van der Waals surface area (Å²) in [6.45, 7) is 4.50. The van der Waals surface area contributed by atoms with E-state index in [0.717, 1.165) is 25.0 Å². The van der Waals surface area contributed by atoms with Crippen molar-refractivity contribution >= 4 is 5.97 Å². The minimum Gasteiger partial charge on any atom is -0.497 e. The van der Waals surface area contributed by atoms with Gasteiger partial charge in [-0.3, -0.25) is 0 Å². The van der Waals surface area contributed by atoms with Crippen molar-refractivity contribution in [1.29, 1.82) is 0 Å². The number of aliphatic hydroxyl groups is 1. The molecule has 2 aromatic carbocycles. The van der Waals surface area contributed by atoms with E-state index in [1.807, 2.05) is 24.3 Å². The normalized spacial score (nSPS) is 29.0. The van der Waals surface area contributed by atoms with Crippen molar-refractivity contribution in [2.75, 3.05) is 7.11 Å². The van der Waals surface area contributed by atoms with Gasteiger partial charge in [0, 0.05) is 5.92 Å². The molecule has 4 heteroatoms. The molecule has 31 heavy (non-hydrogen) atoms. The number of carbonyl (C=O) groups excluding carboxylic acids is 1. The molecular formula is C27H34O4. The van der Waals surface area contributed by atoms with Gasteiger partial charge in [0.2, 0.25) is 0 Å². The zero-order valence-corrected chi connectivity index (χ0v) is 18.8. The van der Waals surface area contributed by atoms with Gasteiger partial charge in [-0.15, -0.1) is 0 Å². The quantitative estimate of drug-likeness (QED) is 0.646. The number of benzene rings is 2. The van der Waals surface area contributed by atoms with Crippen molar-refractivity contribution < 1.29 is 19.4 Å². The van der Waals surface area contributed by atoms with E-state index in [1.54, 1.807) is 19.2 Å². The Morgan fingerprint density at radius 2 is 1.84 bits per heavy atom. The lowest BCUT2D eigenvalue weighted by Gasteiger charge is -2.52. The van der Waals surface area contributed by atoms with Crippen LogP contribution >= 0.6 is 0 Å². The number of hydrogen-bond acceptors (Lipinski definition) is 4.